The fourth-order valence-corrected chi connectivity index (χ4v) is 3.92. The van der Waals surface area contributed by atoms with Crippen LogP contribution in [-0.2, 0) is 37.0 Å². The highest BCUT2D eigenvalue weighted by Crippen LogP contribution is 2.36. The van der Waals surface area contributed by atoms with Crippen LogP contribution in [0.4, 0.5) is 18.0 Å². The van der Waals surface area contributed by atoms with Gasteiger partial charge in [-0.2, -0.15) is 26.3 Å². The number of nitrogens with zero attached hydrogens (tertiary/aromatic N) is 1. The first kappa shape index (κ1) is 33.4. The van der Waals surface area contributed by atoms with E-state index in [9.17, 15) is 26.4 Å². The van der Waals surface area contributed by atoms with E-state index in [1.165, 1.54) is 13.2 Å². The molecule has 0 fully saturated rings. The molecule has 224 valence electrons. The highest BCUT2D eigenvalue weighted by atomic mass is 35.5. The maximum Gasteiger partial charge on any atom is 0.421 e. The molecule has 0 aliphatic carbocycles. The standard InChI is InChI=1S/C24H31ClF3N3O8S/c1-16(2)36-9-4-8-30-40(33,34)31-23(32)38-10-7-17-5-6-19(37-12-11-35-3)14-21(17)39-22-20(25)13-18(15-29-22)24(26,27)28/h5-6,13-16,30H,4,7-12H2,1-3H3,(H,31,32). The van der Waals surface area contributed by atoms with Gasteiger partial charge in [-0.25, -0.2) is 14.5 Å². The summed E-state index contributed by atoms with van der Waals surface area (Å²) in [5.74, 6) is 0.180. The molecule has 0 unspecified atom stereocenters. The maximum atomic E-state index is 13.0. The number of aromatic nitrogens is 1. The van der Waals surface area contributed by atoms with E-state index in [0.717, 1.165) is 0 Å². The van der Waals surface area contributed by atoms with Gasteiger partial charge in [-0.15, -0.1) is 0 Å². The van der Waals surface area contributed by atoms with Crippen LogP contribution >= 0.6 is 11.6 Å². The van der Waals surface area contributed by atoms with Crippen LogP contribution in [0.15, 0.2) is 30.5 Å². The molecule has 0 bridgehead atoms. The molecule has 0 saturated carbocycles. The predicted molar refractivity (Wildman–Crippen MR) is 139 cm³/mol. The van der Waals surface area contributed by atoms with Crippen molar-refractivity contribution in [3.8, 4) is 17.4 Å². The van der Waals surface area contributed by atoms with Crippen molar-refractivity contribution in [2.75, 3.05) is 40.1 Å². The molecule has 2 aromatic rings. The van der Waals surface area contributed by atoms with Crippen molar-refractivity contribution in [1.82, 2.24) is 14.4 Å². The molecule has 0 radical (unpaired) electrons. The van der Waals surface area contributed by atoms with Gasteiger partial charge < -0.3 is 23.7 Å². The number of methoxy groups -OCH3 is 1. The van der Waals surface area contributed by atoms with Gasteiger partial charge in [0.15, 0.2) is 0 Å². The number of pyridine rings is 1. The Bertz CT molecular complexity index is 1220. The molecule has 1 aromatic heterocycles. The normalized spacial score (nSPS) is 11.9. The number of halogens is 4. The van der Waals surface area contributed by atoms with Gasteiger partial charge in [-0.1, -0.05) is 17.7 Å². The zero-order valence-corrected chi connectivity index (χ0v) is 23.6. The summed E-state index contributed by atoms with van der Waals surface area (Å²) >= 11 is 5.97. The lowest BCUT2D eigenvalue weighted by Gasteiger charge is -2.15. The first-order valence-electron chi connectivity index (χ1n) is 12.0. The number of carbonyl (C=O) groups excluding carboxylic acids is 1. The smallest absolute Gasteiger partial charge is 0.421 e. The largest absolute Gasteiger partial charge is 0.491 e. The number of carbonyl (C=O) groups is 1. The van der Waals surface area contributed by atoms with Gasteiger partial charge in [0.05, 0.1) is 24.9 Å². The van der Waals surface area contributed by atoms with Crippen molar-refractivity contribution in [3.05, 3.63) is 46.6 Å². The van der Waals surface area contributed by atoms with Gasteiger partial charge in [0.1, 0.15) is 23.1 Å². The lowest BCUT2D eigenvalue weighted by atomic mass is 10.1. The Morgan fingerprint density at radius 3 is 2.52 bits per heavy atom. The molecule has 0 aliphatic rings. The van der Waals surface area contributed by atoms with E-state index in [0.29, 0.717) is 43.2 Å². The fourth-order valence-electron chi connectivity index (χ4n) is 2.96. The molecule has 1 heterocycles. The summed E-state index contributed by atoms with van der Waals surface area (Å²) in [5.41, 5.74) is -0.606. The van der Waals surface area contributed by atoms with Gasteiger partial charge in [-0.05, 0) is 38.0 Å². The number of nitrogens with one attached hydrogen (secondary N) is 2. The molecule has 16 heteroatoms. The minimum atomic E-state index is -4.64. The molecule has 1 amide bonds. The number of hydrogen-bond acceptors (Lipinski definition) is 9. The number of rotatable bonds is 16. The van der Waals surface area contributed by atoms with Gasteiger partial charge in [0.25, 0.3) is 0 Å². The Hall–Kier alpha value is -2.85. The summed E-state index contributed by atoms with van der Waals surface area (Å²) in [5, 5.41) is -0.379. The zero-order chi connectivity index (χ0) is 29.8. The quantitative estimate of drug-likeness (QED) is 0.263. The van der Waals surface area contributed by atoms with Crippen LogP contribution < -0.4 is 18.9 Å². The number of alkyl halides is 3. The van der Waals surface area contributed by atoms with Crippen LogP contribution in [-0.4, -0.2) is 65.7 Å². The van der Waals surface area contributed by atoms with Gasteiger partial charge in [0.2, 0.25) is 5.88 Å². The Labute approximate surface area is 235 Å². The topological polar surface area (TPSA) is 134 Å². The minimum absolute atomic E-state index is 0.0122. The second kappa shape index (κ2) is 15.8. The van der Waals surface area contributed by atoms with Gasteiger partial charge in [0, 0.05) is 38.9 Å². The summed E-state index contributed by atoms with van der Waals surface area (Å²) in [7, 11) is -2.65. The summed E-state index contributed by atoms with van der Waals surface area (Å²) in [6.45, 7) is 4.35. The molecular weight excluding hydrogens is 583 g/mol. The highest BCUT2D eigenvalue weighted by Gasteiger charge is 2.32. The van der Waals surface area contributed by atoms with E-state index in [1.807, 2.05) is 13.8 Å². The Balaban J connectivity index is 2.03. The molecule has 1 aromatic carbocycles. The Morgan fingerprint density at radius 2 is 1.88 bits per heavy atom. The van der Waals surface area contributed by atoms with Crippen molar-refractivity contribution in [3.63, 3.8) is 0 Å². The van der Waals surface area contributed by atoms with Crippen LogP contribution in [0.25, 0.3) is 0 Å². The van der Waals surface area contributed by atoms with Crippen LogP contribution in [0, 0.1) is 0 Å². The third-order valence-corrected chi connectivity index (χ3v) is 6.11. The summed E-state index contributed by atoms with van der Waals surface area (Å²) < 4.78 is 93.2. The molecular formula is C24H31ClF3N3O8S. The number of benzene rings is 1. The molecule has 2 rings (SSSR count). The maximum absolute atomic E-state index is 13.0. The number of hydrogen-bond donors (Lipinski definition) is 2. The first-order valence-corrected chi connectivity index (χ1v) is 13.9. The third-order valence-electron chi connectivity index (χ3n) is 4.82. The molecule has 0 spiro atoms. The molecule has 11 nitrogen and oxygen atoms in total. The van der Waals surface area contributed by atoms with Crippen molar-refractivity contribution < 1.29 is 50.1 Å². The molecule has 2 N–H and O–H groups in total. The van der Waals surface area contributed by atoms with Crippen LogP contribution in [0.5, 0.6) is 17.4 Å². The summed E-state index contributed by atoms with van der Waals surface area (Å²) in [6, 6.07) is 5.31. The van der Waals surface area contributed by atoms with E-state index in [4.69, 9.17) is 35.3 Å². The van der Waals surface area contributed by atoms with E-state index >= 15 is 0 Å². The number of amides is 1. The Morgan fingerprint density at radius 1 is 1.12 bits per heavy atom. The second-order valence-electron chi connectivity index (χ2n) is 8.38. The lowest BCUT2D eigenvalue weighted by Crippen LogP contribution is -2.41. The molecule has 0 saturated heterocycles. The third kappa shape index (κ3) is 12.1. The molecule has 0 atom stereocenters. The van der Waals surface area contributed by atoms with Gasteiger partial charge in [-0.3, -0.25) is 0 Å². The van der Waals surface area contributed by atoms with E-state index in [2.05, 4.69) is 9.71 Å². The van der Waals surface area contributed by atoms with Crippen LogP contribution in [0.3, 0.4) is 0 Å². The molecule has 40 heavy (non-hydrogen) atoms. The second-order valence-corrected chi connectivity index (χ2v) is 10.3. The average Bonchev–Trinajstić information content (AvgIpc) is 2.85. The highest BCUT2D eigenvalue weighted by molar-refractivity contribution is 7.88. The SMILES string of the molecule is COCCOc1ccc(CCOC(=O)NS(=O)(=O)NCCCOC(C)C)c(Oc2ncc(C(F)(F)F)cc2Cl)c1. The first-order chi connectivity index (χ1) is 18.8. The van der Waals surface area contributed by atoms with E-state index in [-0.39, 0.29) is 48.9 Å². The summed E-state index contributed by atoms with van der Waals surface area (Å²) in [6.07, 6.45) is -4.81. The number of ether oxygens (including phenoxy) is 5. The van der Waals surface area contributed by atoms with E-state index in [1.54, 1.807) is 16.9 Å². The Kier molecular flexibility index (Phi) is 13.2. The average molecular weight is 614 g/mol. The minimum Gasteiger partial charge on any atom is -0.491 e. The van der Waals surface area contributed by atoms with Crippen LogP contribution in [0.2, 0.25) is 5.02 Å². The predicted octanol–water partition coefficient (Wildman–Crippen LogP) is 4.49. The monoisotopic (exact) mass is 613 g/mol. The van der Waals surface area contributed by atoms with Crippen molar-refractivity contribution in [2.45, 2.75) is 39.0 Å². The molecule has 0 aliphatic heterocycles. The summed E-state index contributed by atoms with van der Waals surface area (Å²) in [4.78, 5) is 15.7. The zero-order valence-electron chi connectivity index (χ0n) is 22.0. The van der Waals surface area contributed by atoms with Crippen LogP contribution in [0.1, 0.15) is 31.4 Å². The van der Waals surface area contributed by atoms with Crippen molar-refractivity contribution >= 4 is 27.9 Å². The van der Waals surface area contributed by atoms with E-state index < -0.39 is 28.0 Å². The van der Waals surface area contributed by atoms with Crippen molar-refractivity contribution in [1.29, 1.82) is 0 Å². The fraction of sp³-hybridized carbons (Fsp3) is 0.500. The lowest BCUT2D eigenvalue weighted by molar-refractivity contribution is -0.137. The van der Waals surface area contributed by atoms with Gasteiger partial charge >= 0.3 is 22.5 Å². The van der Waals surface area contributed by atoms with Crippen molar-refractivity contribution in [2.24, 2.45) is 0 Å².